The Morgan fingerprint density at radius 3 is 2.50 bits per heavy atom. The summed E-state index contributed by atoms with van der Waals surface area (Å²) in [6, 6.07) is 9.64. The number of carbonyl (C=O) groups excluding carboxylic acids is 1. The summed E-state index contributed by atoms with van der Waals surface area (Å²) in [6.07, 6.45) is 1.45. The number of hydrogen-bond donors (Lipinski definition) is 1. The van der Waals surface area contributed by atoms with Crippen LogP contribution in [-0.2, 0) is 4.79 Å². The lowest BCUT2D eigenvalue weighted by atomic mass is 10.2. The molecular weight excluding hydrogens is 351 g/mol. The van der Waals surface area contributed by atoms with Gasteiger partial charge in [0.25, 0.3) is 5.91 Å². The first-order valence-corrected chi connectivity index (χ1v) is 7.76. The molecule has 2 heterocycles. The summed E-state index contributed by atoms with van der Waals surface area (Å²) < 4.78 is 0. The van der Waals surface area contributed by atoms with Gasteiger partial charge < -0.3 is 5.32 Å². The van der Waals surface area contributed by atoms with Crippen molar-refractivity contribution in [3.63, 3.8) is 0 Å². The Hall–Kier alpha value is -2.51. The Bertz CT molecular complexity index is 847. The number of amides is 1. The van der Waals surface area contributed by atoms with Gasteiger partial charge in [-0.05, 0) is 48.5 Å². The van der Waals surface area contributed by atoms with Crippen LogP contribution in [0.2, 0.25) is 10.0 Å². The van der Waals surface area contributed by atoms with Crippen molar-refractivity contribution in [2.75, 3.05) is 5.32 Å². The first-order chi connectivity index (χ1) is 11.5. The van der Waals surface area contributed by atoms with Gasteiger partial charge in [0.05, 0.1) is 5.02 Å². The van der Waals surface area contributed by atoms with E-state index in [4.69, 9.17) is 23.2 Å². The molecule has 122 valence electrons. The van der Waals surface area contributed by atoms with Gasteiger partial charge in [0.2, 0.25) is 5.82 Å². The highest BCUT2D eigenvalue weighted by atomic mass is 35.5. The van der Waals surface area contributed by atoms with Gasteiger partial charge in [-0.25, -0.2) is 4.98 Å². The van der Waals surface area contributed by atoms with E-state index in [1.807, 2.05) is 0 Å². The molecule has 2 aromatic heterocycles. The Morgan fingerprint density at radius 1 is 1.12 bits per heavy atom. The molecule has 0 aliphatic carbocycles. The fraction of sp³-hybridized carbons (Fsp3) is 0.133. The van der Waals surface area contributed by atoms with Crippen molar-refractivity contribution < 1.29 is 4.79 Å². The van der Waals surface area contributed by atoms with E-state index in [1.54, 1.807) is 43.3 Å². The number of aromatic nitrogens is 5. The second kappa shape index (κ2) is 6.94. The largest absolute Gasteiger partial charge is 0.309 e. The van der Waals surface area contributed by atoms with E-state index in [2.05, 4.69) is 25.7 Å². The molecule has 1 amide bonds. The van der Waals surface area contributed by atoms with Crippen LogP contribution in [0.3, 0.4) is 0 Å². The van der Waals surface area contributed by atoms with Crippen LogP contribution in [0.15, 0.2) is 42.6 Å². The van der Waals surface area contributed by atoms with Crippen molar-refractivity contribution in [3.8, 4) is 11.4 Å². The average Bonchev–Trinajstić information content (AvgIpc) is 3.07. The maximum atomic E-state index is 12.3. The van der Waals surface area contributed by atoms with Crippen molar-refractivity contribution in [2.45, 2.75) is 13.0 Å². The van der Waals surface area contributed by atoms with Crippen molar-refractivity contribution in [3.05, 3.63) is 52.6 Å². The van der Waals surface area contributed by atoms with E-state index >= 15 is 0 Å². The molecule has 1 N–H and O–H groups in total. The van der Waals surface area contributed by atoms with Crippen LogP contribution in [0, 0.1) is 0 Å². The molecule has 0 aliphatic heterocycles. The zero-order valence-corrected chi connectivity index (χ0v) is 14.0. The quantitative estimate of drug-likeness (QED) is 0.769. The van der Waals surface area contributed by atoms with Gasteiger partial charge in [0.15, 0.2) is 0 Å². The molecule has 7 nitrogen and oxygen atoms in total. The lowest BCUT2D eigenvalue weighted by Crippen LogP contribution is -2.25. The number of carbonyl (C=O) groups is 1. The molecule has 0 spiro atoms. The smallest absolute Gasteiger partial charge is 0.252 e. The zero-order chi connectivity index (χ0) is 17.1. The number of hydrogen-bond acceptors (Lipinski definition) is 5. The van der Waals surface area contributed by atoms with Crippen LogP contribution in [0.4, 0.5) is 5.82 Å². The number of anilines is 1. The number of benzene rings is 1. The predicted molar refractivity (Wildman–Crippen MR) is 90.9 cm³/mol. The molecule has 0 saturated carbocycles. The molecule has 3 rings (SSSR count). The molecule has 0 radical (unpaired) electrons. The average molecular weight is 363 g/mol. The standard InChI is InChI=1S/C15H12Cl2N6O/c1-9(15(24)19-13-7-6-12(17)8-18-13)23-21-14(20-22-23)10-2-4-11(16)5-3-10/h2-9H,1H3,(H,18,19,24). The topological polar surface area (TPSA) is 85.6 Å². The van der Waals surface area contributed by atoms with Crippen LogP contribution in [-0.4, -0.2) is 31.1 Å². The highest BCUT2D eigenvalue weighted by Crippen LogP contribution is 2.18. The van der Waals surface area contributed by atoms with Crippen LogP contribution >= 0.6 is 23.2 Å². The lowest BCUT2D eigenvalue weighted by Gasteiger charge is -2.10. The number of nitrogens with zero attached hydrogens (tertiary/aromatic N) is 5. The van der Waals surface area contributed by atoms with Crippen molar-refractivity contribution in [1.29, 1.82) is 0 Å². The summed E-state index contributed by atoms with van der Waals surface area (Å²) in [7, 11) is 0. The molecule has 1 aromatic carbocycles. The number of nitrogens with one attached hydrogen (secondary N) is 1. The van der Waals surface area contributed by atoms with Gasteiger partial charge in [-0.2, -0.15) is 4.80 Å². The Labute approximate surface area is 147 Å². The molecule has 0 fully saturated rings. The van der Waals surface area contributed by atoms with Gasteiger partial charge in [-0.1, -0.05) is 23.2 Å². The molecule has 9 heteroatoms. The first-order valence-electron chi connectivity index (χ1n) is 7.01. The number of halogens is 2. The maximum absolute atomic E-state index is 12.3. The van der Waals surface area contributed by atoms with Gasteiger partial charge >= 0.3 is 0 Å². The fourth-order valence-electron chi connectivity index (χ4n) is 1.89. The summed E-state index contributed by atoms with van der Waals surface area (Å²) in [4.78, 5) is 17.5. The number of rotatable bonds is 4. The van der Waals surface area contributed by atoms with E-state index in [9.17, 15) is 4.79 Å². The van der Waals surface area contributed by atoms with Crippen molar-refractivity contribution in [1.82, 2.24) is 25.2 Å². The van der Waals surface area contributed by atoms with E-state index in [-0.39, 0.29) is 5.91 Å². The van der Waals surface area contributed by atoms with E-state index in [0.29, 0.717) is 21.7 Å². The second-order valence-electron chi connectivity index (χ2n) is 4.97. The van der Waals surface area contributed by atoms with Crippen LogP contribution in [0.25, 0.3) is 11.4 Å². The lowest BCUT2D eigenvalue weighted by molar-refractivity contribution is -0.119. The summed E-state index contributed by atoms with van der Waals surface area (Å²) >= 11 is 11.6. The van der Waals surface area contributed by atoms with Crippen LogP contribution in [0.1, 0.15) is 13.0 Å². The molecular formula is C15H12Cl2N6O. The summed E-state index contributed by atoms with van der Waals surface area (Å²) in [5.41, 5.74) is 0.762. The monoisotopic (exact) mass is 362 g/mol. The minimum absolute atomic E-state index is 0.315. The first kappa shape index (κ1) is 16.4. The van der Waals surface area contributed by atoms with E-state index < -0.39 is 6.04 Å². The van der Waals surface area contributed by atoms with Gasteiger partial charge in [-0.3, -0.25) is 4.79 Å². The summed E-state index contributed by atoms with van der Waals surface area (Å²) in [5, 5.41) is 15.9. The zero-order valence-electron chi connectivity index (χ0n) is 12.5. The molecule has 1 atom stereocenters. The third-order valence-electron chi connectivity index (χ3n) is 3.24. The third kappa shape index (κ3) is 3.69. The molecule has 0 saturated heterocycles. The Kier molecular flexibility index (Phi) is 4.73. The SMILES string of the molecule is CC(C(=O)Nc1ccc(Cl)cn1)n1nnc(-c2ccc(Cl)cc2)n1. The predicted octanol–water partition coefficient (Wildman–Crippen LogP) is 3.24. The van der Waals surface area contributed by atoms with E-state index in [1.165, 1.54) is 11.0 Å². The summed E-state index contributed by atoms with van der Waals surface area (Å²) in [6.45, 7) is 1.67. The summed E-state index contributed by atoms with van der Waals surface area (Å²) in [5.74, 6) is 0.495. The molecule has 24 heavy (non-hydrogen) atoms. The Balaban J connectivity index is 1.73. The van der Waals surface area contributed by atoms with Gasteiger partial charge in [0, 0.05) is 16.8 Å². The highest BCUT2D eigenvalue weighted by molar-refractivity contribution is 6.30. The van der Waals surface area contributed by atoms with Crippen molar-refractivity contribution >= 4 is 34.9 Å². The van der Waals surface area contributed by atoms with Gasteiger partial charge in [-0.15, -0.1) is 10.2 Å². The van der Waals surface area contributed by atoms with Crippen LogP contribution < -0.4 is 5.32 Å². The third-order valence-corrected chi connectivity index (χ3v) is 3.71. The minimum Gasteiger partial charge on any atom is -0.309 e. The number of pyridine rings is 1. The molecule has 3 aromatic rings. The molecule has 1 unspecified atom stereocenters. The van der Waals surface area contributed by atoms with Crippen LogP contribution in [0.5, 0.6) is 0 Å². The minimum atomic E-state index is -0.656. The maximum Gasteiger partial charge on any atom is 0.252 e. The Morgan fingerprint density at radius 2 is 1.83 bits per heavy atom. The normalized spacial score (nSPS) is 12.0. The van der Waals surface area contributed by atoms with Crippen molar-refractivity contribution in [2.24, 2.45) is 0 Å². The van der Waals surface area contributed by atoms with Gasteiger partial charge in [0.1, 0.15) is 11.9 Å². The number of tetrazole rings is 1. The van der Waals surface area contributed by atoms with E-state index in [0.717, 1.165) is 5.56 Å². The molecule has 0 aliphatic rings. The second-order valence-corrected chi connectivity index (χ2v) is 5.84. The molecule has 0 bridgehead atoms. The fourth-order valence-corrected chi connectivity index (χ4v) is 2.13. The highest BCUT2D eigenvalue weighted by Gasteiger charge is 2.19.